The highest BCUT2D eigenvalue weighted by molar-refractivity contribution is 7.99. The Bertz CT molecular complexity index is 342. The molecule has 1 aromatic heterocycles. The van der Waals surface area contributed by atoms with E-state index in [1.54, 1.807) is 0 Å². The van der Waals surface area contributed by atoms with Crippen molar-refractivity contribution in [2.24, 2.45) is 13.0 Å². The van der Waals surface area contributed by atoms with Crippen LogP contribution in [-0.2, 0) is 13.5 Å². The van der Waals surface area contributed by atoms with Crippen molar-refractivity contribution in [3.05, 3.63) is 5.82 Å². The fourth-order valence-corrected chi connectivity index (χ4v) is 2.84. The maximum atomic E-state index is 4.32. The average Bonchev–Trinajstić information content (AvgIpc) is 2.61. The van der Waals surface area contributed by atoms with Gasteiger partial charge in [0.1, 0.15) is 5.82 Å². The number of hydrogen-bond acceptors (Lipinski definition) is 4. The predicted molar refractivity (Wildman–Crippen MR) is 69.1 cm³/mol. The predicted octanol–water partition coefficient (Wildman–Crippen LogP) is 1.57. The summed E-state index contributed by atoms with van der Waals surface area (Å²) in [6.45, 7) is 6.62. The van der Waals surface area contributed by atoms with Gasteiger partial charge in [0.05, 0.1) is 0 Å². The molecule has 4 nitrogen and oxygen atoms in total. The maximum Gasteiger partial charge on any atom is 0.227 e. The Hall–Kier alpha value is -0.710. The second-order valence-corrected chi connectivity index (χ2v) is 5.90. The van der Waals surface area contributed by atoms with Crippen LogP contribution in [0.1, 0.15) is 19.7 Å². The van der Waals surface area contributed by atoms with Crippen LogP contribution in [-0.4, -0.2) is 39.4 Å². The van der Waals surface area contributed by atoms with Gasteiger partial charge < -0.3 is 9.47 Å². The van der Waals surface area contributed by atoms with Gasteiger partial charge in [0.25, 0.3) is 0 Å². The van der Waals surface area contributed by atoms with Crippen molar-refractivity contribution in [1.82, 2.24) is 14.8 Å². The van der Waals surface area contributed by atoms with Gasteiger partial charge in [-0.3, -0.25) is 0 Å². The molecule has 90 valence electrons. The van der Waals surface area contributed by atoms with E-state index in [0.717, 1.165) is 31.3 Å². The third-order valence-electron chi connectivity index (χ3n) is 2.83. The molecule has 0 amide bonds. The minimum Gasteiger partial charge on any atom is -0.339 e. The van der Waals surface area contributed by atoms with Crippen LogP contribution in [0.4, 0.5) is 5.95 Å². The topological polar surface area (TPSA) is 34.0 Å². The molecule has 0 spiro atoms. The van der Waals surface area contributed by atoms with Gasteiger partial charge in [-0.05, 0) is 5.92 Å². The number of anilines is 1. The van der Waals surface area contributed by atoms with Crippen LogP contribution < -0.4 is 4.90 Å². The number of hydrogen-bond donors (Lipinski definition) is 0. The maximum absolute atomic E-state index is 4.32. The van der Waals surface area contributed by atoms with Crippen molar-refractivity contribution in [2.45, 2.75) is 20.3 Å². The third kappa shape index (κ3) is 2.51. The zero-order valence-corrected chi connectivity index (χ0v) is 11.1. The van der Waals surface area contributed by atoms with Crippen LogP contribution in [0.15, 0.2) is 0 Å². The summed E-state index contributed by atoms with van der Waals surface area (Å²) in [5.41, 5.74) is 0. The van der Waals surface area contributed by atoms with Gasteiger partial charge in [0.15, 0.2) is 0 Å². The van der Waals surface area contributed by atoms with E-state index in [0.29, 0.717) is 5.92 Å². The van der Waals surface area contributed by atoms with Crippen LogP contribution in [0.3, 0.4) is 0 Å². The summed E-state index contributed by atoms with van der Waals surface area (Å²) in [7, 11) is 2.08. The molecule has 1 saturated heterocycles. The van der Waals surface area contributed by atoms with Crippen LogP contribution in [0, 0.1) is 5.92 Å². The minimum atomic E-state index is 0.632. The molecule has 2 heterocycles. The summed E-state index contributed by atoms with van der Waals surface area (Å²) >= 11 is 2.02. The zero-order chi connectivity index (χ0) is 11.5. The molecule has 2 rings (SSSR count). The lowest BCUT2D eigenvalue weighted by atomic mass is 10.1. The highest BCUT2D eigenvalue weighted by Crippen LogP contribution is 2.18. The summed E-state index contributed by atoms with van der Waals surface area (Å²) < 4.78 is 2.15. The molecule has 0 bridgehead atoms. The van der Waals surface area contributed by atoms with Gasteiger partial charge in [-0.15, -0.1) is 10.2 Å². The van der Waals surface area contributed by atoms with Gasteiger partial charge in [-0.25, -0.2) is 0 Å². The van der Waals surface area contributed by atoms with Crippen molar-refractivity contribution < 1.29 is 0 Å². The van der Waals surface area contributed by atoms with Gasteiger partial charge in [0.2, 0.25) is 5.95 Å². The van der Waals surface area contributed by atoms with Crippen molar-refractivity contribution in [3.63, 3.8) is 0 Å². The molecule has 0 unspecified atom stereocenters. The van der Waals surface area contributed by atoms with E-state index in [2.05, 4.69) is 40.6 Å². The Labute approximate surface area is 101 Å². The smallest absolute Gasteiger partial charge is 0.227 e. The largest absolute Gasteiger partial charge is 0.339 e. The molecule has 0 aliphatic carbocycles. The molecule has 1 fully saturated rings. The normalized spacial score (nSPS) is 17.1. The van der Waals surface area contributed by atoms with Crippen LogP contribution >= 0.6 is 11.8 Å². The number of thioether (sulfide) groups is 1. The average molecular weight is 240 g/mol. The van der Waals surface area contributed by atoms with Crippen molar-refractivity contribution >= 4 is 17.7 Å². The van der Waals surface area contributed by atoms with E-state index >= 15 is 0 Å². The van der Waals surface area contributed by atoms with Gasteiger partial charge in [-0.1, -0.05) is 13.8 Å². The lowest BCUT2D eigenvalue weighted by Gasteiger charge is -2.26. The van der Waals surface area contributed by atoms with Gasteiger partial charge in [-0.2, -0.15) is 11.8 Å². The lowest BCUT2D eigenvalue weighted by molar-refractivity contribution is 0.599. The molecule has 1 aliphatic rings. The molecule has 5 heteroatoms. The third-order valence-corrected chi connectivity index (χ3v) is 3.77. The highest BCUT2D eigenvalue weighted by atomic mass is 32.2. The molecule has 0 radical (unpaired) electrons. The second kappa shape index (κ2) is 5.08. The standard InChI is InChI=1S/C11H20N4S/c1-9(2)8-10-12-13-11(14(10)3)15-4-6-16-7-5-15/h9H,4-8H2,1-3H3. The van der Waals surface area contributed by atoms with Crippen LogP contribution in [0.5, 0.6) is 0 Å². The van der Waals surface area contributed by atoms with Crippen molar-refractivity contribution in [1.29, 1.82) is 0 Å². The molecule has 0 saturated carbocycles. The summed E-state index contributed by atoms with van der Waals surface area (Å²) in [5, 5.41) is 8.62. The molecule has 1 aliphatic heterocycles. The molecular weight excluding hydrogens is 220 g/mol. The Kier molecular flexibility index (Phi) is 3.74. The van der Waals surface area contributed by atoms with Crippen molar-refractivity contribution in [2.75, 3.05) is 29.5 Å². The Morgan fingerprint density at radius 3 is 2.56 bits per heavy atom. The summed E-state index contributed by atoms with van der Waals surface area (Å²) in [6, 6.07) is 0. The van der Waals surface area contributed by atoms with Crippen LogP contribution in [0.25, 0.3) is 0 Å². The van der Waals surface area contributed by atoms with Crippen molar-refractivity contribution in [3.8, 4) is 0 Å². The van der Waals surface area contributed by atoms with Gasteiger partial charge in [0, 0.05) is 38.1 Å². The monoisotopic (exact) mass is 240 g/mol. The van der Waals surface area contributed by atoms with E-state index in [-0.39, 0.29) is 0 Å². The quantitative estimate of drug-likeness (QED) is 0.803. The first-order chi connectivity index (χ1) is 7.68. The molecule has 1 aromatic rings. The van der Waals surface area contributed by atoms with E-state index in [4.69, 9.17) is 0 Å². The SMILES string of the molecule is CC(C)Cc1nnc(N2CCSCC2)n1C. The molecule has 0 N–H and O–H groups in total. The van der Waals surface area contributed by atoms with Gasteiger partial charge >= 0.3 is 0 Å². The molecular formula is C11H20N4S. The van der Waals surface area contributed by atoms with E-state index in [1.807, 2.05) is 11.8 Å². The molecule has 0 aromatic carbocycles. The zero-order valence-electron chi connectivity index (χ0n) is 10.3. The van der Waals surface area contributed by atoms with E-state index in [9.17, 15) is 0 Å². The first kappa shape index (κ1) is 11.8. The second-order valence-electron chi connectivity index (χ2n) is 4.67. The lowest BCUT2D eigenvalue weighted by Crippen LogP contribution is -2.34. The van der Waals surface area contributed by atoms with Crippen LogP contribution in [0.2, 0.25) is 0 Å². The summed E-state index contributed by atoms with van der Waals surface area (Å²) in [4.78, 5) is 2.34. The van der Waals surface area contributed by atoms with E-state index in [1.165, 1.54) is 11.5 Å². The minimum absolute atomic E-state index is 0.632. The fourth-order valence-electron chi connectivity index (χ4n) is 1.93. The number of nitrogens with zero attached hydrogens (tertiary/aromatic N) is 4. The summed E-state index contributed by atoms with van der Waals surface area (Å²) in [6.07, 6.45) is 1.01. The number of aromatic nitrogens is 3. The summed E-state index contributed by atoms with van der Waals surface area (Å²) in [5.74, 6) is 5.17. The first-order valence-electron chi connectivity index (χ1n) is 5.89. The van der Waals surface area contributed by atoms with E-state index < -0.39 is 0 Å². The Morgan fingerprint density at radius 2 is 1.94 bits per heavy atom. The Morgan fingerprint density at radius 1 is 1.25 bits per heavy atom. The first-order valence-corrected chi connectivity index (χ1v) is 7.05. The molecule has 16 heavy (non-hydrogen) atoms. The highest BCUT2D eigenvalue weighted by Gasteiger charge is 2.18. The Balaban J connectivity index is 2.12. The molecule has 0 atom stereocenters. The number of rotatable bonds is 3. The fraction of sp³-hybridized carbons (Fsp3) is 0.818.